The second-order valence-electron chi connectivity index (χ2n) is 10.1. The maximum absolute atomic E-state index is 16.0. The third-order valence-corrected chi connectivity index (χ3v) is 10.4. The lowest BCUT2D eigenvalue weighted by molar-refractivity contribution is -0.0584. The summed E-state index contributed by atoms with van der Waals surface area (Å²) in [6.45, 7) is -10.1. The summed E-state index contributed by atoms with van der Waals surface area (Å²) in [5, 5.41) is 11.1. The van der Waals surface area contributed by atoms with E-state index in [0.29, 0.717) is 0 Å². The molecule has 10 atom stereocenters. The summed E-state index contributed by atoms with van der Waals surface area (Å²) in [6, 6.07) is 0. The van der Waals surface area contributed by atoms with Gasteiger partial charge in [-0.15, -0.1) is 0 Å². The molecule has 0 radical (unpaired) electrons. The van der Waals surface area contributed by atoms with E-state index in [1.807, 2.05) is 0 Å². The van der Waals surface area contributed by atoms with Crippen LogP contribution in [-0.2, 0) is 56.2 Å². The van der Waals surface area contributed by atoms with E-state index in [-0.39, 0.29) is 34.1 Å². The molecule has 4 aromatic rings. The third kappa shape index (κ3) is 5.55. The number of nitrogens with zero attached hydrogens (tertiary/aromatic N) is 7. The summed E-state index contributed by atoms with van der Waals surface area (Å²) in [4.78, 5) is 45.7. The molecule has 3 fully saturated rings. The molecule has 25 heteroatoms. The highest BCUT2D eigenvalue weighted by Crippen LogP contribution is 2.55. The Labute approximate surface area is 260 Å². The van der Waals surface area contributed by atoms with Crippen LogP contribution in [0.5, 0.6) is 0 Å². The Morgan fingerprint density at radius 1 is 1.00 bits per heavy atom. The highest BCUT2D eigenvalue weighted by molar-refractivity contribution is 8.32. The molecule has 3 saturated heterocycles. The smallest absolute Gasteiger partial charge is 0.325 e. The van der Waals surface area contributed by atoms with Crippen molar-refractivity contribution < 1.29 is 46.5 Å². The molecule has 3 aliphatic heterocycles. The Morgan fingerprint density at radius 3 is 2.47 bits per heavy atom. The summed E-state index contributed by atoms with van der Waals surface area (Å²) in [7, 11) is 0. The summed E-state index contributed by atoms with van der Waals surface area (Å²) >= 11 is 10.3. The lowest BCUT2D eigenvalue weighted by Crippen LogP contribution is -2.35. The molecule has 7 rings (SSSR count). The summed E-state index contributed by atoms with van der Waals surface area (Å²) in [5.41, 5.74) is 11.0. The van der Waals surface area contributed by atoms with Crippen molar-refractivity contribution in [1.82, 2.24) is 39.0 Å². The molecule has 0 amide bonds. The molecule has 7 heterocycles. The van der Waals surface area contributed by atoms with Gasteiger partial charge >= 0.3 is 6.72 Å². The fraction of sp³-hybridized carbons (Fsp3) is 0.500. The quantitative estimate of drug-likeness (QED) is 0.127. The zero-order valence-corrected chi connectivity index (χ0v) is 25.7. The van der Waals surface area contributed by atoms with Gasteiger partial charge in [-0.05, 0) is 11.8 Å². The maximum atomic E-state index is 16.0. The predicted molar refractivity (Wildman–Crippen MR) is 154 cm³/mol. The second-order valence-corrected chi connectivity index (χ2v) is 15.6. The predicted octanol–water partition coefficient (Wildman–Crippen LogP) is -0.693. The van der Waals surface area contributed by atoms with Gasteiger partial charge in [0.15, 0.2) is 41.3 Å². The number of aromatic amines is 1. The summed E-state index contributed by atoms with van der Waals surface area (Å²) in [6.07, 6.45) is -8.71. The van der Waals surface area contributed by atoms with Gasteiger partial charge in [0.1, 0.15) is 42.4 Å². The van der Waals surface area contributed by atoms with Gasteiger partial charge in [-0.3, -0.25) is 28.0 Å². The molecular weight excluding hydrogens is 685 g/mol. The van der Waals surface area contributed by atoms with Crippen LogP contribution in [-0.4, -0.2) is 98.9 Å². The number of aliphatic hydroxyl groups excluding tert-OH is 1. The van der Waals surface area contributed by atoms with E-state index in [1.54, 1.807) is 0 Å². The van der Waals surface area contributed by atoms with Crippen LogP contribution in [0.25, 0.3) is 22.3 Å². The van der Waals surface area contributed by atoms with Crippen molar-refractivity contribution in [3.63, 3.8) is 0 Å². The lowest BCUT2D eigenvalue weighted by atomic mass is 10.1. The van der Waals surface area contributed by atoms with Gasteiger partial charge < -0.3 is 56.8 Å². The van der Waals surface area contributed by atoms with Gasteiger partial charge in [0.05, 0.1) is 25.9 Å². The number of imidazole rings is 2. The minimum atomic E-state index is -4.52. The van der Waals surface area contributed by atoms with Crippen LogP contribution >= 0.6 is 13.5 Å². The molecule has 7 N–H and O–H groups in total. The van der Waals surface area contributed by atoms with E-state index < -0.39 is 81.4 Å². The van der Waals surface area contributed by atoms with Crippen LogP contribution in [0.15, 0.2) is 23.8 Å². The number of hydrogen-bond acceptors (Lipinski definition) is 18. The van der Waals surface area contributed by atoms with E-state index in [0.717, 1.165) is 12.7 Å². The topological polar surface area (TPSA) is 272 Å². The third-order valence-electron chi connectivity index (χ3n) is 7.27. The maximum Gasteiger partial charge on any atom is 0.325 e. The van der Waals surface area contributed by atoms with Crippen molar-refractivity contribution >= 4 is 71.7 Å². The first-order valence-corrected chi connectivity index (χ1v) is 18.0. The first kappa shape index (κ1) is 31.0. The Balaban J connectivity index is 1.21. The van der Waals surface area contributed by atoms with Crippen LogP contribution in [0, 0.1) is 0 Å². The molecule has 20 nitrogen and oxygen atoms in total. The van der Waals surface area contributed by atoms with Crippen molar-refractivity contribution in [2.24, 2.45) is 0 Å². The van der Waals surface area contributed by atoms with Crippen LogP contribution in [0.1, 0.15) is 12.5 Å². The molecule has 4 aromatic heterocycles. The lowest BCUT2D eigenvalue weighted by Gasteiger charge is -2.32. The number of alkyl halides is 1. The molecule has 4 unspecified atom stereocenters. The number of fused-ring (bicyclic) bond motifs is 5. The first-order valence-electron chi connectivity index (χ1n) is 12.9. The van der Waals surface area contributed by atoms with E-state index in [2.05, 4.69) is 29.9 Å². The number of aromatic nitrogens is 8. The van der Waals surface area contributed by atoms with Gasteiger partial charge in [0.25, 0.3) is 5.56 Å². The number of halogens is 1. The zero-order chi connectivity index (χ0) is 31.8. The number of nitrogen functional groups attached to an aromatic ring is 2. The van der Waals surface area contributed by atoms with Gasteiger partial charge in [0.2, 0.25) is 12.7 Å². The van der Waals surface area contributed by atoms with Crippen molar-refractivity contribution in [2.45, 2.75) is 49.1 Å². The zero-order valence-electron chi connectivity index (χ0n) is 22.3. The Kier molecular flexibility index (Phi) is 7.74. The molecule has 2 bridgehead atoms. The van der Waals surface area contributed by atoms with Crippen molar-refractivity contribution in [3.8, 4) is 0 Å². The minimum absolute atomic E-state index is 0.0461. The van der Waals surface area contributed by atoms with E-state index in [1.165, 1.54) is 15.5 Å². The molecule has 0 spiro atoms. The number of nitrogens with one attached hydrogen (secondary N) is 1. The highest BCUT2D eigenvalue weighted by Gasteiger charge is 2.52. The first-order chi connectivity index (χ1) is 21.3. The number of rotatable bonds is 2. The van der Waals surface area contributed by atoms with Crippen LogP contribution in [0.3, 0.4) is 0 Å². The van der Waals surface area contributed by atoms with E-state index >= 15 is 4.39 Å². The van der Waals surface area contributed by atoms with E-state index in [9.17, 15) is 19.4 Å². The molecule has 45 heavy (non-hydrogen) atoms. The number of nitrogens with two attached hydrogens (primary N) is 2. The van der Waals surface area contributed by atoms with Gasteiger partial charge in [-0.1, -0.05) is 0 Å². The van der Waals surface area contributed by atoms with Gasteiger partial charge in [0, 0.05) is 0 Å². The standard InChI is InChI=1S/C20H23FN10O10P2S2/c21-8-12-7(39-18(8)30-4-26-9-14(22)24-3-25-15(9)30)2-37-43(35,45)41-13-11(32)6(1-36-42(34,44)40-12)38-19(13)31-5-27-10-16(31)28-20(23)29-17(10)33/h3-8,11-13,18-19,32H,1-2H2,(H,34,44)(H,35,45)(H2,22,24,25)(H3,23,28,29,33)/p-1/t6-,7-,8+,11+,12?,13?,18-,19-,42?,43?/m1/s1. The molecule has 242 valence electrons. The monoisotopic (exact) mass is 707 g/mol. The van der Waals surface area contributed by atoms with Crippen molar-refractivity contribution in [3.05, 3.63) is 29.3 Å². The Bertz CT molecular complexity index is 1950. The molecule has 0 aliphatic carbocycles. The fourth-order valence-electron chi connectivity index (χ4n) is 5.25. The molecule has 0 aromatic carbocycles. The Hall–Kier alpha value is -2.66. The van der Waals surface area contributed by atoms with Crippen LogP contribution in [0.2, 0.25) is 0 Å². The largest absolute Gasteiger partial charge is 0.660 e. The normalized spacial score (nSPS) is 37.7. The van der Waals surface area contributed by atoms with Crippen molar-refractivity contribution in [1.29, 1.82) is 0 Å². The number of aliphatic hydroxyl groups is 1. The number of anilines is 2. The van der Waals surface area contributed by atoms with Gasteiger partial charge in [-0.25, -0.2) is 24.3 Å². The second kappa shape index (κ2) is 11.2. The average molecular weight is 708 g/mol. The average Bonchev–Trinajstić information content (AvgIpc) is 3.72. The number of hydrogen-bond donors (Lipinski definition) is 5. The number of ether oxygens (including phenoxy) is 2. The number of H-pyrrole nitrogens is 1. The minimum Gasteiger partial charge on any atom is -0.660 e. The summed E-state index contributed by atoms with van der Waals surface area (Å²) in [5.74, 6) is -0.192. The SMILES string of the molecule is Nc1nc2c(ncn2[C@@H]2O[C@@H]3COP(O)(=S)OC4[C@@H](COP(=O)([S-])OC2[C@H]3O)O[C@@H](n2cnc3c(N)ncnc32)[C@H]4F)c(=O)[nH]1. The molecular formula is C20H22FN10O10P2S2-. The van der Waals surface area contributed by atoms with E-state index in [4.69, 9.17) is 63.1 Å². The molecule has 3 aliphatic rings. The Morgan fingerprint density at radius 2 is 1.69 bits per heavy atom. The highest BCUT2D eigenvalue weighted by atomic mass is 32.7. The van der Waals surface area contributed by atoms with Crippen LogP contribution < -0.4 is 17.0 Å². The van der Waals surface area contributed by atoms with Crippen LogP contribution in [0.4, 0.5) is 16.2 Å². The summed E-state index contributed by atoms with van der Waals surface area (Å²) < 4.78 is 65.7. The molecule has 0 saturated carbocycles. The van der Waals surface area contributed by atoms with Gasteiger partial charge in [-0.2, -0.15) is 4.98 Å². The fourth-order valence-corrected chi connectivity index (χ4v) is 8.09. The van der Waals surface area contributed by atoms with Crippen molar-refractivity contribution in [2.75, 3.05) is 24.7 Å².